The normalized spacial score (nSPS) is 11.2. The van der Waals surface area contributed by atoms with Crippen molar-refractivity contribution in [1.82, 2.24) is 19.7 Å². The zero-order chi connectivity index (χ0) is 17.6. The number of nitrogens with one attached hydrogen (secondary N) is 1. The molecule has 0 aliphatic carbocycles. The Balaban J connectivity index is 1.87. The number of furan rings is 1. The van der Waals surface area contributed by atoms with Crippen molar-refractivity contribution < 1.29 is 9.21 Å². The average Bonchev–Trinajstić information content (AvgIpc) is 3.30. The molecule has 4 heterocycles. The molecule has 0 spiro atoms. The zero-order valence-corrected chi connectivity index (χ0v) is 14.7. The first-order chi connectivity index (χ1) is 12.0. The predicted octanol–water partition coefficient (Wildman–Crippen LogP) is 3.55. The summed E-state index contributed by atoms with van der Waals surface area (Å²) in [6.45, 7) is 3.80. The van der Waals surface area contributed by atoms with Crippen LogP contribution < -0.4 is 5.32 Å². The van der Waals surface area contributed by atoms with Gasteiger partial charge in [-0.2, -0.15) is 5.10 Å². The minimum atomic E-state index is -0.245. The van der Waals surface area contributed by atoms with Crippen LogP contribution in [-0.2, 0) is 7.05 Å². The number of aromatic nitrogens is 4. The number of rotatable bonds is 3. The van der Waals surface area contributed by atoms with Gasteiger partial charge in [-0.3, -0.25) is 14.8 Å². The fourth-order valence-corrected chi connectivity index (χ4v) is 3.41. The first-order valence-corrected chi connectivity index (χ1v) is 8.46. The highest BCUT2D eigenvalue weighted by Gasteiger charge is 2.20. The van der Waals surface area contributed by atoms with E-state index in [-0.39, 0.29) is 5.91 Å². The van der Waals surface area contributed by atoms with Crippen LogP contribution in [0.15, 0.2) is 35.1 Å². The Morgan fingerprint density at radius 3 is 2.88 bits per heavy atom. The number of anilines is 1. The number of fused-ring (bicyclic) bond motifs is 1. The molecule has 126 valence electrons. The van der Waals surface area contributed by atoms with Crippen LogP contribution in [0.5, 0.6) is 0 Å². The van der Waals surface area contributed by atoms with Crippen LogP contribution in [-0.4, -0.2) is 25.7 Å². The molecule has 0 unspecified atom stereocenters. The van der Waals surface area contributed by atoms with Crippen molar-refractivity contribution in [2.75, 3.05) is 5.32 Å². The number of amides is 1. The number of carbonyl (C=O) groups excluding carboxylic acids is 1. The van der Waals surface area contributed by atoms with Crippen LogP contribution in [0.3, 0.4) is 0 Å². The molecule has 0 bridgehead atoms. The summed E-state index contributed by atoms with van der Waals surface area (Å²) < 4.78 is 7.11. The third-order valence-electron chi connectivity index (χ3n) is 3.83. The summed E-state index contributed by atoms with van der Waals surface area (Å²) in [5, 5.41) is 8.54. The molecule has 0 radical (unpaired) electrons. The molecular formula is C17H15N5O2S. The fraction of sp³-hybridized carbons (Fsp3) is 0.176. The van der Waals surface area contributed by atoms with Gasteiger partial charge in [-0.1, -0.05) is 0 Å². The molecule has 0 saturated heterocycles. The Bertz CT molecular complexity index is 1080. The Labute approximate surface area is 147 Å². The molecule has 1 N–H and O–H groups in total. The number of aryl methyl sites for hydroxylation is 3. The number of hydrogen-bond donors (Lipinski definition) is 1. The van der Waals surface area contributed by atoms with E-state index in [0.717, 1.165) is 16.0 Å². The maximum absolute atomic E-state index is 12.9. The Kier molecular flexibility index (Phi) is 3.61. The highest BCUT2D eigenvalue weighted by atomic mass is 32.1. The van der Waals surface area contributed by atoms with Gasteiger partial charge < -0.3 is 4.42 Å². The number of nitrogens with zero attached hydrogens (tertiary/aromatic N) is 4. The summed E-state index contributed by atoms with van der Waals surface area (Å²) in [5.41, 5.74) is 2.46. The van der Waals surface area contributed by atoms with Gasteiger partial charge in [0.15, 0.2) is 16.5 Å². The summed E-state index contributed by atoms with van der Waals surface area (Å²) in [5.74, 6) is 0.352. The van der Waals surface area contributed by atoms with Gasteiger partial charge in [0.1, 0.15) is 5.69 Å². The summed E-state index contributed by atoms with van der Waals surface area (Å²) in [4.78, 5) is 22.7. The van der Waals surface area contributed by atoms with Gasteiger partial charge in [0, 0.05) is 18.1 Å². The number of thiazole rings is 1. The molecular weight excluding hydrogens is 338 g/mol. The molecule has 0 fully saturated rings. The van der Waals surface area contributed by atoms with Gasteiger partial charge in [0.25, 0.3) is 5.91 Å². The van der Waals surface area contributed by atoms with Crippen LogP contribution in [0, 0.1) is 13.8 Å². The van der Waals surface area contributed by atoms with E-state index >= 15 is 0 Å². The maximum Gasteiger partial charge on any atom is 0.258 e. The fourth-order valence-electron chi connectivity index (χ4n) is 2.75. The number of pyridine rings is 1. The Hall–Kier alpha value is -3.00. The Morgan fingerprint density at radius 2 is 2.20 bits per heavy atom. The SMILES string of the molecule is Cc1cnc(NC(=O)c2cc(-c3ccco3)nc3c2c(C)nn3C)s1. The molecule has 4 aromatic heterocycles. The van der Waals surface area contributed by atoms with Gasteiger partial charge in [0.05, 0.1) is 22.9 Å². The van der Waals surface area contributed by atoms with Gasteiger partial charge in [-0.25, -0.2) is 9.97 Å². The van der Waals surface area contributed by atoms with Crippen molar-refractivity contribution in [1.29, 1.82) is 0 Å². The van der Waals surface area contributed by atoms with Crippen LogP contribution >= 0.6 is 11.3 Å². The molecule has 0 atom stereocenters. The van der Waals surface area contributed by atoms with E-state index in [4.69, 9.17) is 4.42 Å². The second-order valence-corrected chi connectivity index (χ2v) is 6.90. The van der Waals surface area contributed by atoms with Crippen molar-refractivity contribution in [3.8, 4) is 11.5 Å². The van der Waals surface area contributed by atoms with Crippen LogP contribution in [0.2, 0.25) is 0 Å². The second kappa shape index (κ2) is 5.82. The molecule has 1 amide bonds. The molecule has 8 heteroatoms. The lowest BCUT2D eigenvalue weighted by atomic mass is 10.1. The number of hydrogen-bond acceptors (Lipinski definition) is 6. The van der Waals surface area contributed by atoms with Gasteiger partial charge in [0.2, 0.25) is 0 Å². The quantitative estimate of drug-likeness (QED) is 0.609. The largest absolute Gasteiger partial charge is 0.463 e. The molecule has 25 heavy (non-hydrogen) atoms. The van der Waals surface area contributed by atoms with E-state index in [1.165, 1.54) is 11.3 Å². The van der Waals surface area contributed by atoms with E-state index in [1.54, 1.807) is 36.3 Å². The highest BCUT2D eigenvalue weighted by molar-refractivity contribution is 7.15. The lowest BCUT2D eigenvalue weighted by Gasteiger charge is -2.06. The summed E-state index contributed by atoms with van der Waals surface area (Å²) in [6.07, 6.45) is 3.31. The third kappa shape index (κ3) is 2.70. The van der Waals surface area contributed by atoms with E-state index in [9.17, 15) is 4.79 Å². The smallest absolute Gasteiger partial charge is 0.258 e. The maximum atomic E-state index is 12.9. The molecule has 4 aromatic rings. The van der Waals surface area contributed by atoms with E-state index in [2.05, 4.69) is 20.4 Å². The van der Waals surface area contributed by atoms with Crippen molar-refractivity contribution in [2.24, 2.45) is 7.05 Å². The van der Waals surface area contributed by atoms with Crippen LogP contribution in [0.1, 0.15) is 20.9 Å². The lowest BCUT2D eigenvalue weighted by molar-refractivity contribution is 0.102. The van der Waals surface area contributed by atoms with Crippen molar-refractivity contribution >= 4 is 33.4 Å². The highest BCUT2D eigenvalue weighted by Crippen LogP contribution is 2.28. The first-order valence-electron chi connectivity index (χ1n) is 7.65. The zero-order valence-electron chi connectivity index (χ0n) is 13.9. The van der Waals surface area contributed by atoms with Gasteiger partial charge >= 0.3 is 0 Å². The molecule has 0 aromatic carbocycles. The molecule has 0 saturated carbocycles. The Morgan fingerprint density at radius 1 is 1.36 bits per heavy atom. The average molecular weight is 353 g/mol. The number of carbonyl (C=O) groups is 1. The van der Waals surface area contributed by atoms with Crippen LogP contribution in [0.4, 0.5) is 5.13 Å². The van der Waals surface area contributed by atoms with Crippen molar-refractivity contribution in [3.63, 3.8) is 0 Å². The topological polar surface area (TPSA) is 85.8 Å². The summed E-state index contributed by atoms with van der Waals surface area (Å²) >= 11 is 1.43. The molecule has 7 nitrogen and oxygen atoms in total. The van der Waals surface area contributed by atoms with E-state index < -0.39 is 0 Å². The van der Waals surface area contributed by atoms with Crippen LogP contribution in [0.25, 0.3) is 22.5 Å². The minimum Gasteiger partial charge on any atom is -0.463 e. The second-order valence-electron chi connectivity index (χ2n) is 5.67. The monoisotopic (exact) mass is 353 g/mol. The van der Waals surface area contributed by atoms with Crippen molar-refractivity contribution in [2.45, 2.75) is 13.8 Å². The first kappa shape index (κ1) is 15.5. The minimum absolute atomic E-state index is 0.245. The van der Waals surface area contributed by atoms with E-state index in [1.807, 2.05) is 19.9 Å². The molecule has 4 rings (SSSR count). The van der Waals surface area contributed by atoms with Gasteiger partial charge in [-0.05, 0) is 32.0 Å². The molecule has 0 aliphatic rings. The van der Waals surface area contributed by atoms with Crippen molar-refractivity contribution in [3.05, 3.63) is 46.8 Å². The summed E-state index contributed by atoms with van der Waals surface area (Å²) in [6, 6.07) is 5.32. The lowest BCUT2D eigenvalue weighted by Crippen LogP contribution is -2.13. The van der Waals surface area contributed by atoms with E-state index in [0.29, 0.717) is 27.8 Å². The summed E-state index contributed by atoms with van der Waals surface area (Å²) in [7, 11) is 1.81. The standard InChI is InChI=1S/C17H15N5O2S/c1-9-8-18-17(25-9)20-16(23)11-7-12(13-5-4-6-24-13)19-15-14(11)10(2)21-22(15)3/h4-8H,1-3H3,(H,18,20,23). The predicted molar refractivity (Wildman–Crippen MR) is 95.8 cm³/mol. The third-order valence-corrected chi connectivity index (χ3v) is 4.66. The van der Waals surface area contributed by atoms with Gasteiger partial charge in [-0.15, -0.1) is 11.3 Å². The molecule has 0 aliphatic heterocycles.